The van der Waals surface area contributed by atoms with E-state index in [2.05, 4.69) is 283 Å². The van der Waals surface area contributed by atoms with Crippen molar-refractivity contribution in [3.63, 3.8) is 0 Å². The van der Waals surface area contributed by atoms with Crippen LogP contribution in [0.1, 0.15) is 23.1 Å². The van der Waals surface area contributed by atoms with Gasteiger partial charge < -0.3 is 9.80 Å². The molecule has 0 amide bonds. The topological polar surface area (TPSA) is 6.48 Å². The van der Waals surface area contributed by atoms with E-state index in [9.17, 15) is 0 Å². The van der Waals surface area contributed by atoms with Crippen molar-refractivity contribution in [2.75, 3.05) is 9.80 Å². The lowest BCUT2D eigenvalue weighted by Crippen LogP contribution is -2.37. The molecule has 0 spiro atoms. The number of nitrogens with zero attached hydrogens (tertiary/aromatic N) is 2. The molecule has 11 aromatic carbocycles. The molecule has 13 rings (SSSR count). The van der Waals surface area contributed by atoms with Crippen LogP contribution in [0.3, 0.4) is 0 Å². The third kappa shape index (κ3) is 6.55. The van der Waals surface area contributed by atoms with Crippen LogP contribution in [0.2, 0.25) is 0 Å². The summed E-state index contributed by atoms with van der Waals surface area (Å²) in [4.78, 5) is 5.04. The number of anilines is 5. The fourth-order valence-electron chi connectivity index (χ4n) is 11.8. The highest BCUT2D eigenvalue weighted by Crippen LogP contribution is 2.58. The first kappa shape index (κ1) is 40.5. The van der Waals surface area contributed by atoms with Crippen LogP contribution >= 0.6 is 0 Å². The van der Waals surface area contributed by atoms with Gasteiger partial charge in [0.25, 0.3) is 0 Å². The molecule has 0 bridgehead atoms. The smallest absolute Gasteiger partial charge is 0.0677 e. The van der Waals surface area contributed by atoms with E-state index in [1.54, 1.807) is 0 Å². The van der Waals surface area contributed by atoms with E-state index in [0.717, 1.165) is 29.2 Å². The fraction of sp³-hybridized carbons (Fsp3) is 0.0448. The van der Waals surface area contributed by atoms with Crippen molar-refractivity contribution in [2.45, 2.75) is 17.9 Å². The monoisotopic (exact) mass is 880 g/mol. The van der Waals surface area contributed by atoms with Crippen molar-refractivity contribution in [3.8, 4) is 22.3 Å². The summed E-state index contributed by atoms with van der Waals surface area (Å²) in [6, 6.07) is 93.9. The Morgan fingerprint density at radius 3 is 1.55 bits per heavy atom. The van der Waals surface area contributed by atoms with E-state index >= 15 is 0 Å². The average molecular weight is 881 g/mol. The number of rotatable bonds is 9. The number of benzene rings is 11. The van der Waals surface area contributed by atoms with Crippen LogP contribution in [-0.4, -0.2) is 6.04 Å². The van der Waals surface area contributed by atoms with Gasteiger partial charge in [0.2, 0.25) is 0 Å². The Labute approximate surface area is 404 Å². The predicted molar refractivity (Wildman–Crippen MR) is 291 cm³/mol. The number of allylic oxidation sites excluding steroid dienone is 2. The second kappa shape index (κ2) is 16.9. The van der Waals surface area contributed by atoms with Crippen LogP contribution in [0.15, 0.2) is 279 Å². The van der Waals surface area contributed by atoms with E-state index < -0.39 is 5.41 Å². The summed E-state index contributed by atoms with van der Waals surface area (Å²) >= 11 is 0. The molecule has 0 aliphatic heterocycles. The first-order valence-electron chi connectivity index (χ1n) is 24.1. The van der Waals surface area contributed by atoms with Crippen LogP contribution in [0.5, 0.6) is 0 Å². The standard InChI is InChI=1S/C67H48N2/c1-5-25-50(26-6-1)67(60-39-17-15-36-57(60)58-37-16-18-40-61(58)67)51-27-21-34-55(46-51)69(54-32-11-4-12-33-54)62-41-20-24-49-43-42-48-23-19-38-59(64(48)65(49)62)66-56-35-14-13-22-47(56)44-45-63(66)68(52-28-7-2-8-29-52)53-30-9-3-10-31-53/h1-45,55H,46H2. The van der Waals surface area contributed by atoms with Crippen molar-refractivity contribution in [1.82, 2.24) is 0 Å². The SMILES string of the molecule is C1=CC(N(c2ccccc2)c2cccc3ccc4cccc(-c5c(N(c6ccccc6)c6ccccc6)ccc6ccccc56)c4c23)CC(C2(c3ccccc3)c3ccccc3-c3ccccc32)=C1. The van der Waals surface area contributed by atoms with E-state index in [1.807, 2.05) is 0 Å². The molecule has 0 aromatic heterocycles. The number of fused-ring (bicyclic) bond motifs is 7. The molecule has 0 N–H and O–H groups in total. The van der Waals surface area contributed by atoms with Gasteiger partial charge >= 0.3 is 0 Å². The lowest BCUT2D eigenvalue weighted by atomic mass is 9.65. The molecular weight excluding hydrogens is 833 g/mol. The summed E-state index contributed by atoms with van der Waals surface area (Å²) in [5, 5.41) is 7.29. The zero-order valence-corrected chi connectivity index (χ0v) is 38.2. The minimum Gasteiger partial charge on any atom is -0.334 e. The van der Waals surface area contributed by atoms with Crippen LogP contribution in [0.4, 0.5) is 28.4 Å². The minimum atomic E-state index is -0.466. The summed E-state index contributed by atoms with van der Waals surface area (Å²) in [5.41, 5.74) is 15.6. The third-order valence-corrected chi connectivity index (χ3v) is 14.6. The van der Waals surface area contributed by atoms with Crippen LogP contribution in [0, 0.1) is 0 Å². The Bertz CT molecular complexity index is 3680. The number of hydrogen-bond acceptors (Lipinski definition) is 2. The van der Waals surface area contributed by atoms with Gasteiger partial charge in [0.1, 0.15) is 0 Å². The van der Waals surface area contributed by atoms with Gasteiger partial charge in [-0.1, -0.05) is 224 Å². The number of hydrogen-bond donors (Lipinski definition) is 0. The molecule has 0 saturated carbocycles. The highest BCUT2D eigenvalue weighted by molar-refractivity contribution is 6.22. The zero-order valence-electron chi connectivity index (χ0n) is 38.2. The van der Waals surface area contributed by atoms with Gasteiger partial charge in [-0.15, -0.1) is 0 Å². The lowest BCUT2D eigenvalue weighted by molar-refractivity contribution is 0.647. The molecule has 2 heteroatoms. The molecule has 1 atom stereocenters. The largest absolute Gasteiger partial charge is 0.334 e. The molecule has 0 radical (unpaired) electrons. The summed E-state index contributed by atoms with van der Waals surface area (Å²) < 4.78 is 0. The van der Waals surface area contributed by atoms with Crippen molar-refractivity contribution < 1.29 is 0 Å². The maximum Gasteiger partial charge on any atom is 0.0677 e. The van der Waals surface area contributed by atoms with E-state index in [1.165, 1.54) is 82.5 Å². The zero-order chi connectivity index (χ0) is 45.7. The van der Waals surface area contributed by atoms with Gasteiger partial charge in [0, 0.05) is 28.0 Å². The normalized spacial score (nSPS) is 14.6. The van der Waals surface area contributed by atoms with Gasteiger partial charge in [-0.05, 0) is 121 Å². The molecule has 326 valence electrons. The second-order valence-electron chi connectivity index (χ2n) is 18.3. The van der Waals surface area contributed by atoms with Gasteiger partial charge in [0.05, 0.1) is 22.8 Å². The number of para-hydroxylation sites is 3. The quantitative estimate of drug-likeness (QED) is 0.133. The van der Waals surface area contributed by atoms with Gasteiger partial charge in [0.15, 0.2) is 0 Å². The Morgan fingerprint density at radius 1 is 0.377 bits per heavy atom. The fourth-order valence-corrected chi connectivity index (χ4v) is 11.8. The molecule has 11 aromatic rings. The summed E-state index contributed by atoms with van der Waals surface area (Å²) in [6.45, 7) is 0. The minimum absolute atomic E-state index is 0.0132. The molecule has 1 unspecified atom stereocenters. The van der Waals surface area contributed by atoms with Crippen molar-refractivity contribution in [3.05, 3.63) is 295 Å². The van der Waals surface area contributed by atoms with Crippen LogP contribution < -0.4 is 9.80 Å². The molecule has 2 aliphatic rings. The highest BCUT2D eigenvalue weighted by Gasteiger charge is 2.48. The van der Waals surface area contributed by atoms with Crippen LogP contribution in [-0.2, 0) is 5.41 Å². The maximum atomic E-state index is 2.62. The van der Waals surface area contributed by atoms with Crippen molar-refractivity contribution in [2.24, 2.45) is 0 Å². The second-order valence-corrected chi connectivity index (χ2v) is 18.3. The summed E-state index contributed by atoms with van der Waals surface area (Å²) in [7, 11) is 0. The van der Waals surface area contributed by atoms with E-state index in [0.29, 0.717) is 0 Å². The summed E-state index contributed by atoms with van der Waals surface area (Å²) in [6.07, 6.45) is 7.97. The predicted octanol–water partition coefficient (Wildman–Crippen LogP) is 17.7. The first-order chi connectivity index (χ1) is 34.3. The average Bonchev–Trinajstić information content (AvgIpc) is 3.73. The first-order valence-corrected chi connectivity index (χ1v) is 24.1. The maximum absolute atomic E-state index is 2.62. The molecule has 0 saturated heterocycles. The molecule has 2 nitrogen and oxygen atoms in total. The molecule has 0 heterocycles. The molecule has 0 fully saturated rings. The molecule has 2 aliphatic carbocycles. The Hall–Kier alpha value is -8.72. The third-order valence-electron chi connectivity index (χ3n) is 14.6. The highest BCUT2D eigenvalue weighted by atomic mass is 15.2. The van der Waals surface area contributed by atoms with Gasteiger partial charge in [-0.3, -0.25) is 0 Å². The van der Waals surface area contributed by atoms with E-state index in [-0.39, 0.29) is 6.04 Å². The van der Waals surface area contributed by atoms with Crippen molar-refractivity contribution >= 4 is 60.8 Å². The van der Waals surface area contributed by atoms with Gasteiger partial charge in [-0.2, -0.15) is 0 Å². The Balaban J connectivity index is 1.05. The lowest BCUT2D eigenvalue weighted by Gasteiger charge is -2.41. The molecular formula is C67H48N2. The Morgan fingerprint density at radius 2 is 0.884 bits per heavy atom. The van der Waals surface area contributed by atoms with Crippen LogP contribution in [0.25, 0.3) is 54.6 Å². The molecule has 69 heavy (non-hydrogen) atoms. The van der Waals surface area contributed by atoms with Gasteiger partial charge in [-0.25, -0.2) is 0 Å². The van der Waals surface area contributed by atoms with E-state index in [4.69, 9.17) is 0 Å². The van der Waals surface area contributed by atoms with Crippen molar-refractivity contribution in [1.29, 1.82) is 0 Å². The Kier molecular flexibility index (Phi) is 9.91. The summed E-state index contributed by atoms with van der Waals surface area (Å²) in [5.74, 6) is 0.